The van der Waals surface area contributed by atoms with Crippen molar-refractivity contribution in [3.8, 4) is 0 Å². The molecule has 0 unspecified atom stereocenters. The van der Waals surface area contributed by atoms with Crippen LogP contribution in [0.5, 0.6) is 0 Å². The summed E-state index contributed by atoms with van der Waals surface area (Å²) >= 11 is 0. The minimum Gasteiger partial charge on any atom is -0.343 e. The Labute approximate surface area is 107 Å². The lowest BCUT2D eigenvalue weighted by Crippen LogP contribution is -2.40. The Kier molecular flexibility index (Phi) is 3.42. The molecule has 1 N–H and O–H groups in total. The molecule has 0 fully saturated rings. The van der Waals surface area contributed by atoms with Gasteiger partial charge >= 0.3 is 0 Å². The van der Waals surface area contributed by atoms with E-state index in [9.17, 15) is 4.79 Å². The zero-order valence-electron chi connectivity index (χ0n) is 10.6. The highest BCUT2D eigenvalue weighted by atomic mass is 16.1. The molecule has 92 valence electrons. The average molecular weight is 240 g/mol. The van der Waals surface area contributed by atoms with Crippen LogP contribution in [-0.4, -0.2) is 10.9 Å². The standard InChI is InChI=1S/C15H16N2O/c1-15(2,13-6-4-3-5-7-13)17-14(18)12-8-10-16-11-9-12/h3-11H,1-2H3,(H,17,18). The van der Waals surface area contributed by atoms with Gasteiger partial charge < -0.3 is 5.32 Å². The number of aromatic nitrogens is 1. The van der Waals surface area contributed by atoms with Crippen LogP contribution in [0.3, 0.4) is 0 Å². The Hall–Kier alpha value is -2.16. The Morgan fingerprint density at radius 3 is 2.28 bits per heavy atom. The average Bonchev–Trinajstić information content (AvgIpc) is 2.40. The third-order valence-corrected chi connectivity index (χ3v) is 2.86. The molecule has 0 bridgehead atoms. The second-order valence-electron chi connectivity index (χ2n) is 4.68. The highest BCUT2D eigenvalue weighted by molar-refractivity contribution is 5.94. The molecule has 0 atom stereocenters. The van der Waals surface area contributed by atoms with Gasteiger partial charge in [-0.05, 0) is 31.5 Å². The molecule has 2 rings (SSSR count). The smallest absolute Gasteiger partial charge is 0.252 e. The number of hydrogen-bond acceptors (Lipinski definition) is 2. The van der Waals surface area contributed by atoms with E-state index in [0.29, 0.717) is 5.56 Å². The SMILES string of the molecule is CC(C)(NC(=O)c1ccncc1)c1ccccc1. The molecular weight excluding hydrogens is 224 g/mol. The van der Waals surface area contributed by atoms with E-state index in [-0.39, 0.29) is 5.91 Å². The van der Waals surface area contributed by atoms with Gasteiger partial charge in [-0.25, -0.2) is 0 Å². The first-order valence-corrected chi connectivity index (χ1v) is 5.88. The molecule has 0 radical (unpaired) electrons. The molecule has 18 heavy (non-hydrogen) atoms. The molecule has 0 saturated carbocycles. The van der Waals surface area contributed by atoms with Crippen molar-refractivity contribution in [3.63, 3.8) is 0 Å². The molecule has 0 spiro atoms. The first kappa shape index (κ1) is 12.3. The molecule has 1 aromatic heterocycles. The van der Waals surface area contributed by atoms with E-state index in [4.69, 9.17) is 0 Å². The van der Waals surface area contributed by atoms with E-state index in [2.05, 4.69) is 10.3 Å². The normalized spacial score (nSPS) is 11.0. The first-order chi connectivity index (χ1) is 8.59. The van der Waals surface area contributed by atoms with Crippen LogP contribution in [0.15, 0.2) is 54.9 Å². The highest BCUT2D eigenvalue weighted by Gasteiger charge is 2.22. The third kappa shape index (κ3) is 2.74. The lowest BCUT2D eigenvalue weighted by atomic mass is 9.94. The minimum atomic E-state index is -0.401. The van der Waals surface area contributed by atoms with Gasteiger partial charge in [0.25, 0.3) is 5.91 Å². The van der Waals surface area contributed by atoms with Gasteiger partial charge in [-0.3, -0.25) is 9.78 Å². The highest BCUT2D eigenvalue weighted by Crippen LogP contribution is 2.19. The summed E-state index contributed by atoms with van der Waals surface area (Å²) in [6, 6.07) is 13.3. The second kappa shape index (κ2) is 5.00. The zero-order valence-corrected chi connectivity index (χ0v) is 10.6. The Morgan fingerprint density at radius 1 is 1.06 bits per heavy atom. The van der Waals surface area contributed by atoms with Gasteiger partial charge in [-0.1, -0.05) is 30.3 Å². The topological polar surface area (TPSA) is 42.0 Å². The van der Waals surface area contributed by atoms with Crippen LogP contribution in [0.1, 0.15) is 29.8 Å². The summed E-state index contributed by atoms with van der Waals surface area (Å²) in [4.78, 5) is 16.0. The molecule has 0 aliphatic heterocycles. The second-order valence-corrected chi connectivity index (χ2v) is 4.68. The van der Waals surface area contributed by atoms with Crippen LogP contribution in [0.25, 0.3) is 0 Å². The number of carbonyl (C=O) groups is 1. The van der Waals surface area contributed by atoms with E-state index in [1.807, 2.05) is 44.2 Å². The maximum absolute atomic E-state index is 12.1. The maximum atomic E-state index is 12.1. The van der Waals surface area contributed by atoms with Crippen molar-refractivity contribution in [1.29, 1.82) is 0 Å². The van der Waals surface area contributed by atoms with Crippen LogP contribution in [-0.2, 0) is 5.54 Å². The van der Waals surface area contributed by atoms with Crippen molar-refractivity contribution >= 4 is 5.91 Å². The summed E-state index contributed by atoms with van der Waals surface area (Å²) in [6.45, 7) is 3.98. The number of amides is 1. The van der Waals surface area contributed by atoms with E-state index in [1.54, 1.807) is 24.5 Å². The molecule has 1 amide bonds. The molecule has 3 nitrogen and oxygen atoms in total. The van der Waals surface area contributed by atoms with Crippen molar-refractivity contribution in [2.45, 2.75) is 19.4 Å². The molecule has 1 aromatic carbocycles. The van der Waals surface area contributed by atoms with Crippen LogP contribution >= 0.6 is 0 Å². The monoisotopic (exact) mass is 240 g/mol. The van der Waals surface area contributed by atoms with Gasteiger partial charge in [-0.15, -0.1) is 0 Å². The number of nitrogens with one attached hydrogen (secondary N) is 1. The van der Waals surface area contributed by atoms with E-state index in [0.717, 1.165) is 5.56 Å². The Balaban J connectivity index is 2.17. The van der Waals surface area contributed by atoms with E-state index < -0.39 is 5.54 Å². The number of carbonyl (C=O) groups excluding carboxylic acids is 1. The van der Waals surface area contributed by atoms with Gasteiger partial charge in [0.15, 0.2) is 0 Å². The quantitative estimate of drug-likeness (QED) is 0.896. The summed E-state index contributed by atoms with van der Waals surface area (Å²) in [6.07, 6.45) is 3.23. The maximum Gasteiger partial charge on any atom is 0.252 e. The van der Waals surface area contributed by atoms with Crippen molar-refractivity contribution in [2.75, 3.05) is 0 Å². The summed E-state index contributed by atoms with van der Waals surface area (Å²) in [5.74, 6) is -0.0914. The molecule has 0 aliphatic rings. The number of benzene rings is 1. The van der Waals surface area contributed by atoms with Gasteiger partial charge in [0.1, 0.15) is 0 Å². The Bertz CT molecular complexity index is 521. The third-order valence-electron chi connectivity index (χ3n) is 2.86. The lowest BCUT2D eigenvalue weighted by molar-refractivity contribution is 0.0912. The number of pyridine rings is 1. The largest absolute Gasteiger partial charge is 0.343 e. The van der Waals surface area contributed by atoms with Gasteiger partial charge in [0.05, 0.1) is 5.54 Å². The van der Waals surface area contributed by atoms with Crippen LogP contribution in [0.4, 0.5) is 0 Å². The van der Waals surface area contributed by atoms with E-state index in [1.165, 1.54) is 0 Å². The fourth-order valence-corrected chi connectivity index (χ4v) is 1.79. The van der Waals surface area contributed by atoms with Crippen molar-refractivity contribution in [3.05, 3.63) is 66.0 Å². The summed E-state index contributed by atoms with van der Waals surface area (Å²) in [5.41, 5.74) is 1.29. The number of hydrogen-bond donors (Lipinski definition) is 1. The predicted octanol–water partition coefficient (Wildman–Crippen LogP) is 2.75. The first-order valence-electron chi connectivity index (χ1n) is 5.88. The Morgan fingerprint density at radius 2 is 1.67 bits per heavy atom. The van der Waals surface area contributed by atoms with Crippen LogP contribution in [0.2, 0.25) is 0 Å². The molecule has 0 aliphatic carbocycles. The molecule has 2 aromatic rings. The van der Waals surface area contributed by atoms with Crippen molar-refractivity contribution in [1.82, 2.24) is 10.3 Å². The van der Waals surface area contributed by atoms with Crippen LogP contribution in [0, 0.1) is 0 Å². The van der Waals surface area contributed by atoms with Gasteiger partial charge in [0, 0.05) is 18.0 Å². The fourth-order valence-electron chi connectivity index (χ4n) is 1.79. The predicted molar refractivity (Wildman–Crippen MR) is 71.2 cm³/mol. The van der Waals surface area contributed by atoms with Crippen molar-refractivity contribution in [2.24, 2.45) is 0 Å². The van der Waals surface area contributed by atoms with Crippen LogP contribution < -0.4 is 5.32 Å². The number of nitrogens with zero attached hydrogens (tertiary/aromatic N) is 1. The number of rotatable bonds is 3. The summed E-state index contributed by atoms with van der Waals surface area (Å²) in [5, 5.41) is 3.02. The zero-order chi connectivity index (χ0) is 13.0. The molecular formula is C15H16N2O. The summed E-state index contributed by atoms with van der Waals surface area (Å²) < 4.78 is 0. The van der Waals surface area contributed by atoms with Gasteiger partial charge in [0.2, 0.25) is 0 Å². The van der Waals surface area contributed by atoms with E-state index >= 15 is 0 Å². The van der Waals surface area contributed by atoms with Crippen molar-refractivity contribution < 1.29 is 4.79 Å². The van der Waals surface area contributed by atoms with Gasteiger partial charge in [-0.2, -0.15) is 0 Å². The summed E-state index contributed by atoms with van der Waals surface area (Å²) in [7, 11) is 0. The molecule has 1 heterocycles. The molecule has 0 saturated heterocycles. The fraction of sp³-hybridized carbons (Fsp3) is 0.200. The lowest BCUT2D eigenvalue weighted by Gasteiger charge is -2.27. The minimum absolute atomic E-state index is 0.0914. The molecule has 3 heteroatoms.